The van der Waals surface area contributed by atoms with Gasteiger partial charge in [0.2, 0.25) is 0 Å². The minimum atomic E-state index is -0.161. The van der Waals surface area contributed by atoms with Crippen LogP contribution in [0.4, 0.5) is 0 Å². The highest BCUT2D eigenvalue weighted by molar-refractivity contribution is 5.28. The fourth-order valence-corrected chi connectivity index (χ4v) is 1.75. The molecule has 0 aliphatic heterocycles. The van der Waals surface area contributed by atoms with E-state index in [1.54, 1.807) is 12.5 Å². The standard InChI is InChI=1S/C11H15N3O/c1-3-14-10(4-6-13-14)11(12)9-5-7-15-8(9)2/h4-7,11H,3,12H2,1-2H3. The quantitative estimate of drug-likeness (QED) is 0.832. The largest absolute Gasteiger partial charge is 0.469 e. The Labute approximate surface area is 88.7 Å². The molecule has 0 bridgehead atoms. The van der Waals surface area contributed by atoms with Gasteiger partial charge < -0.3 is 10.2 Å². The molecule has 1 unspecified atom stereocenters. The number of furan rings is 1. The number of aromatic nitrogens is 2. The highest BCUT2D eigenvalue weighted by Gasteiger charge is 2.16. The topological polar surface area (TPSA) is 57.0 Å². The second kappa shape index (κ2) is 3.90. The van der Waals surface area contributed by atoms with Crippen molar-refractivity contribution in [1.29, 1.82) is 0 Å². The average Bonchev–Trinajstić information content (AvgIpc) is 2.84. The lowest BCUT2D eigenvalue weighted by molar-refractivity contribution is 0.524. The molecular weight excluding hydrogens is 190 g/mol. The van der Waals surface area contributed by atoms with E-state index < -0.39 is 0 Å². The van der Waals surface area contributed by atoms with Gasteiger partial charge in [0.1, 0.15) is 5.76 Å². The summed E-state index contributed by atoms with van der Waals surface area (Å²) >= 11 is 0. The molecule has 0 aromatic carbocycles. The van der Waals surface area contributed by atoms with Crippen molar-refractivity contribution in [3.05, 3.63) is 41.6 Å². The Morgan fingerprint density at radius 2 is 2.33 bits per heavy atom. The summed E-state index contributed by atoms with van der Waals surface area (Å²) in [4.78, 5) is 0. The molecule has 2 aromatic rings. The molecule has 1 atom stereocenters. The molecule has 4 heteroatoms. The van der Waals surface area contributed by atoms with Crippen molar-refractivity contribution in [2.45, 2.75) is 26.4 Å². The summed E-state index contributed by atoms with van der Waals surface area (Å²) in [6.07, 6.45) is 3.44. The molecule has 2 heterocycles. The van der Waals surface area contributed by atoms with E-state index in [2.05, 4.69) is 5.10 Å². The van der Waals surface area contributed by atoms with Crippen LogP contribution in [0.1, 0.15) is 30.0 Å². The van der Waals surface area contributed by atoms with Gasteiger partial charge in [0.25, 0.3) is 0 Å². The molecule has 2 rings (SSSR count). The van der Waals surface area contributed by atoms with Crippen LogP contribution in [0.25, 0.3) is 0 Å². The Morgan fingerprint density at radius 1 is 1.53 bits per heavy atom. The van der Waals surface area contributed by atoms with Gasteiger partial charge in [-0.15, -0.1) is 0 Å². The van der Waals surface area contributed by atoms with E-state index in [1.165, 1.54) is 0 Å². The van der Waals surface area contributed by atoms with Crippen molar-refractivity contribution >= 4 is 0 Å². The van der Waals surface area contributed by atoms with Crippen LogP contribution in [-0.4, -0.2) is 9.78 Å². The average molecular weight is 205 g/mol. The van der Waals surface area contributed by atoms with Crippen molar-refractivity contribution in [3.63, 3.8) is 0 Å². The van der Waals surface area contributed by atoms with Crippen LogP contribution < -0.4 is 5.73 Å². The first-order chi connectivity index (χ1) is 7.24. The van der Waals surface area contributed by atoms with Crippen LogP contribution in [0.3, 0.4) is 0 Å². The first-order valence-corrected chi connectivity index (χ1v) is 5.05. The van der Waals surface area contributed by atoms with E-state index in [0.717, 1.165) is 23.6 Å². The maximum atomic E-state index is 6.16. The second-order valence-corrected chi connectivity index (χ2v) is 3.48. The molecule has 0 aliphatic rings. The summed E-state index contributed by atoms with van der Waals surface area (Å²) in [6, 6.07) is 3.69. The SMILES string of the molecule is CCn1nccc1C(N)c1ccoc1C. The summed E-state index contributed by atoms with van der Waals surface area (Å²) in [5, 5.41) is 4.20. The Hall–Kier alpha value is -1.55. The van der Waals surface area contributed by atoms with Crippen LogP contribution in [0, 0.1) is 6.92 Å². The summed E-state index contributed by atoms with van der Waals surface area (Å²) in [6.45, 7) is 4.79. The third kappa shape index (κ3) is 1.68. The van der Waals surface area contributed by atoms with Gasteiger partial charge in [0.15, 0.2) is 0 Å². The number of hydrogen-bond donors (Lipinski definition) is 1. The number of aryl methyl sites for hydroxylation is 2. The molecule has 0 radical (unpaired) electrons. The van der Waals surface area contributed by atoms with Crippen LogP contribution in [0.5, 0.6) is 0 Å². The third-order valence-corrected chi connectivity index (χ3v) is 2.60. The monoisotopic (exact) mass is 205 g/mol. The predicted molar refractivity (Wildman–Crippen MR) is 57.4 cm³/mol. The highest BCUT2D eigenvalue weighted by Crippen LogP contribution is 2.22. The molecule has 0 aliphatic carbocycles. The maximum absolute atomic E-state index is 6.16. The summed E-state index contributed by atoms with van der Waals surface area (Å²) in [5.41, 5.74) is 8.20. The Morgan fingerprint density at radius 3 is 2.93 bits per heavy atom. The van der Waals surface area contributed by atoms with E-state index in [4.69, 9.17) is 10.2 Å². The fourth-order valence-electron chi connectivity index (χ4n) is 1.75. The Kier molecular flexibility index (Phi) is 2.60. The smallest absolute Gasteiger partial charge is 0.105 e. The molecule has 4 nitrogen and oxygen atoms in total. The van der Waals surface area contributed by atoms with E-state index in [1.807, 2.05) is 30.7 Å². The lowest BCUT2D eigenvalue weighted by Gasteiger charge is -2.12. The normalized spacial score (nSPS) is 13.0. The van der Waals surface area contributed by atoms with E-state index in [-0.39, 0.29) is 6.04 Å². The van der Waals surface area contributed by atoms with Gasteiger partial charge in [-0.2, -0.15) is 5.10 Å². The lowest BCUT2D eigenvalue weighted by atomic mass is 10.1. The van der Waals surface area contributed by atoms with E-state index in [9.17, 15) is 0 Å². The number of nitrogens with zero attached hydrogens (tertiary/aromatic N) is 2. The van der Waals surface area contributed by atoms with Gasteiger partial charge in [-0.1, -0.05) is 0 Å². The van der Waals surface area contributed by atoms with Crippen LogP contribution in [0.2, 0.25) is 0 Å². The van der Waals surface area contributed by atoms with Crippen molar-refractivity contribution in [3.8, 4) is 0 Å². The molecule has 80 valence electrons. The van der Waals surface area contributed by atoms with Crippen molar-refractivity contribution in [1.82, 2.24) is 9.78 Å². The molecule has 2 N–H and O–H groups in total. The van der Waals surface area contributed by atoms with Gasteiger partial charge in [-0.25, -0.2) is 0 Å². The van der Waals surface area contributed by atoms with Gasteiger partial charge in [-0.3, -0.25) is 4.68 Å². The molecule has 0 saturated heterocycles. The lowest BCUT2D eigenvalue weighted by Crippen LogP contribution is -2.17. The minimum Gasteiger partial charge on any atom is -0.469 e. The molecule has 2 aromatic heterocycles. The second-order valence-electron chi connectivity index (χ2n) is 3.48. The number of rotatable bonds is 3. The molecule has 15 heavy (non-hydrogen) atoms. The predicted octanol–water partition coefficient (Wildman–Crippen LogP) is 1.85. The molecule has 0 saturated carbocycles. The fraction of sp³-hybridized carbons (Fsp3) is 0.364. The van der Waals surface area contributed by atoms with Crippen LogP contribution >= 0.6 is 0 Å². The zero-order valence-electron chi connectivity index (χ0n) is 8.97. The first-order valence-electron chi connectivity index (χ1n) is 5.05. The Bertz CT molecular complexity index is 444. The van der Waals surface area contributed by atoms with Gasteiger partial charge in [0.05, 0.1) is 18.0 Å². The maximum Gasteiger partial charge on any atom is 0.105 e. The summed E-state index contributed by atoms with van der Waals surface area (Å²) in [5.74, 6) is 0.867. The third-order valence-electron chi connectivity index (χ3n) is 2.60. The Balaban J connectivity index is 2.36. The van der Waals surface area contributed by atoms with Gasteiger partial charge in [-0.05, 0) is 26.0 Å². The van der Waals surface area contributed by atoms with Crippen LogP contribution in [-0.2, 0) is 6.54 Å². The van der Waals surface area contributed by atoms with Gasteiger partial charge in [0, 0.05) is 18.3 Å². The molecule has 0 spiro atoms. The number of nitrogens with two attached hydrogens (primary N) is 1. The van der Waals surface area contributed by atoms with E-state index in [0.29, 0.717) is 0 Å². The van der Waals surface area contributed by atoms with E-state index >= 15 is 0 Å². The molecule has 0 fully saturated rings. The molecule has 0 amide bonds. The van der Waals surface area contributed by atoms with Crippen molar-refractivity contribution in [2.24, 2.45) is 5.73 Å². The summed E-state index contributed by atoms with van der Waals surface area (Å²) in [7, 11) is 0. The van der Waals surface area contributed by atoms with Gasteiger partial charge >= 0.3 is 0 Å². The zero-order chi connectivity index (χ0) is 10.8. The highest BCUT2D eigenvalue weighted by atomic mass is 16.3. The van der Waals surface area contributed by atoms with Crippen molar-refractivity contribution < 1.29 is 4.42 Å². The first kappa shape index (κ1) is 9.98. The summed E-state index contributed by atoms with van der Waals surface area (Å²) < 4.78 is 7.15. The zero-order valence-corrected chi connectivity index (χ0v) is 8.97. The van der Waals surface area contributed by atoms with Crippen molar-refractivity contribution in [2.75, 3.05) is 0 Å². The molecular formula is C11H15N3O. The van der Waals surface area contributed by atoms with Crippen LogP contribution in [0.15, 0.2) is 29.0 Å². The minimum absolute atomic E-state index is 0.161. The number of hydrogen-bond acceptors (Lipinski definition) is 3.